The Hall–Kier alpha value is -0.210. The molecule has 12 atom stereocenters. The van der Waals surface area contributed by atoms with Crippen LogP contribution in [-0.2, 0) is 23.7 Å². The van der Waals surface area contributed by atoms with Gasteiger partial charge >= 0.3 is 0 Å². The van der Waals surface area contributed by atoms with Crippen LogP contribution in [0.3, 0.4) is 0 Å². The number of carbonyl (C=O) groups excluding carboxylic acids is 1. The fourth-order valence-electron chi connectivity index (χ4n) is 5.31. The molecule has 1 amide bonds. The fraction of sp³-hybridized carbons (Fsp3) is 0.952. The van der Waals surface area contributed by atoms with Gasteiger partial charge in [0.05, 0.1) is 30.2 Å². The number of alkyl halides is 1. The van der Waals surface area contributed by atoms with Crippen molar-refractivity contribution in [2.75, 3.05) is 19.4 Å². The smallest absolute Gasteiger partial charge is 0.240 e. The average molecular weight is 511 g/mol. The first-order valence-corrected chi connectivity index (χ1v) is 13.1. The van der Waals surface area contributed by atoms with Crippen LogP contribution in [0, 0.1) is 5.92 Å². The standard InChI is InChI=1S/C21H35ClN2O8S/c1-8(22)12(18-15(26)14(25)16(27)20(30-18)33-4)24-19(28)13-17-9(6-23-13)5-10-11(7-29-17)32-21(2,3)31-10/h8-18,20,23,25-27H,5-7H2,1-4H3,(H,24,28)/t8-,9-,10+,11-,12+,13-,14?,15?,16?,17+,18?,20?/m0/s1. The lowest BCUT2D eigenvalue weighted by atomic mass is 9.92. The van der Waals surface area contributed by atoms with Gasteiger partial charge in [0.15, 0.2) is 5.79 Å². The number of ether oxygens (including phenoxy) is 4. The highest BCUT2D eigenvalue weighted by Gasteiger charge is 2.52. The number of thioether (sulfide) groups is 1. The van der Waals surface area contributed by atoms with Crippen molar-refractivity contribution in [2.24, 2.45) is 5.92 Å². The molecule has 4 fully saturated rings. The summed E-state index contributed by atoms with van der Waals surface area (Å²) in [5.74, 6) is -0.896. The zero-order valence-electron chi connectivity index (χ0n) is 19.2. The van der Waals surface area contributed by atoms with E-state index < -0.39 is 53.1 Å². The minimum atomic E-state index is -1.42. The van der Waals surface area contributed by atoms with E-state index in [1.807, 2.05) is 13.8 Å². The molecule has 4 aliphatic rings. The molecule has 12 heteroatoms. The number of amides is 1. The lowest BCUT2D eigenvalue weighted by Crippen LogP contribution is -2.65. The maximum absolute atomic E-state index is 13.3. The third kappa shape index (κ3) is 5.18. The molecule has 0 bridgehead atoms. The van der Waals surface area contributed by atoms with E-state index in [0.717, 1.165) is 6.42 Å². The van der Waals surface area contributed by atoms with Crippen molar-refractivity contribution >= 4 is 29.3 Å². The Balaban J connectivity index is 1.43. The van der Waals surface area contributed by atoms with Crippen molar-refractivity contribution in [3.05, 3.63) is 0 Å². The van der Waals surface area contributed by atoms with Gasteiger partial charge in [-0.1, -0.05) is 0 Å². The molecule has 33 heavy (non-hydrogen) atoms. The Morgan fingerprint density at radius 1 is 1.18 bits per heavy atom. The van der Waals surface area contributed by atoms with Gasteiger partial charge in [0, 0.05) is 12.5 Å². The topological polar surface area (TPSA) is 139 Å². The summed E-state index contributed by atoms with van der Waals surface area (Å²) in [7, 11) is 0. The number of aliphatic hydroxyl groups excluding tert-OH is 3. The van der Waals surface area contributed by atoms with Crippen LogP contribution in [0.25, 0.3) is 0 Å². The molecule has 5 N–H and O–H groups in total. The summed E-state index contributed by atoms with van der Waals surface area (Å²) in [5.41, 5.74) is -0.758. The Morgan fingerprint density at radius 3 is 2.55 bits per heavy atom. The van der Waals surface area contributed by atoms with Crippen LogP contribution < -0.4 is 10.6 Å². The summed E-state index contributed by atoms with van der Waals surface area (Å²) in [4.78, 5) is 13.3. The highest BCUT2D eigenvalue weighted by Crippen LogP contribution is 2.38. The van der Waals surface area contributed by atoms with Gasteiger partial charge in [-0.25, -0.2) is 0 Å². The van der Waals surface area contributed by atoms with Crippen molar-refractivity contribution in [2.45, 2.75) is 98.6 Å². The van der Waals surface area contributed by atoms with Crippen LogP contribution in [0.15, 0.2) is 0 Å². The molecular weight excluding hydrogens is 476 g/mol. The zero-order chi connectivity index (χ0) is 24.1. The van der Waals surface area contributed by atoms with Gasteiger partial charge in [-0.2, -0.15) is 0 Å². The summed E-state index contributed by atoms with van der Waals surface area (Å²) in [6.07, 6.45) is -3.25. The molecule has 0 spiro atoms. The Labute approximate surface area is 203 Å². The zero-order valence-corrected chi connectivity index (χ0v) is 20.8. The maximum atomic E-state index is 13.3. The Bertz CT molecular complexity index is 716. The number of hydrogen-bond donors (Lipinski definition) is 5. The monoisotopic (exact) mass is 510 g/mol. The van der Waals surface area contributed by atoms with Crippen molar-refractivity contribution in [3.8, 4) is 0 Å². The van der Waals surface area contributed by atoms with E-state index >= 15 is 0 Å². The van der Waals surface area contributed by atoms with E-state index in [1.54, 1.807) is 13.2 Å². The van der Waals surface area contributed by atoms with Crippen molar-refractivity contribution < 1.29 is 39.1 Å². The molecule has 0 aromatic rings. The fourth-order valence-corrected chi connectivity index (χ4v) is 6.19. The number of halogens is 1. The molecule has 190 valence electrons. The molecule has 5 unspecified atom stereocenters. The normalized spacial score (nSPS) is 46.7. The highest BCUT2D eigenvalue weighted by molar-refractivity contribution is 7.99. The quantitative estimate of drug-likeness (QED) is 0.298. The van der Waals surface area contributed by atoms with Crippen LogP contribution in [0.5, 0.6) is 0 Å². The Morgan fingerprint density at radius 2 is 1.88 bits per heavy atom. The number of hydrogen-bond acceptors (Lipinski definition) is 10. The third-order valence-electron chi connectivity index (χ3n) is 6.95. The average Bonchev–Trinajstić information content (AvgIpc) is 3.24. The molecule has 4 saturated heterocycles. The lowest BCUT2D eigenvalue weighted by Gasteiger charge is -2.44. The number of nitrogens with one attached hydrogen (secondary N) is 2. The minimum absolute atomic E-state index is 0.0782. The van der Waals surface area contributed by atoms with Crippen LogP contribution in [0.2, 0.25) is 0 Å². The van der Waals surface area contributed by atoms with Gasteiger partial charge in [-0.05, 0) is 33.4 Å². The predicted molar refractivity (Wildman–Crippen MR) is 121 cm³/mol. The molecule has 4 heterocycles. The maximum Gasteiger partial charge on any atom is 0.240 e. The second kappa shape index (κ2) is 10.0. The summed E-state index contributed by atoms with van der Waals surface area (Å²) in [6.45, 7) is 6.38. The first-order valence-electron chi connectivity index (χ1n) is 11.4. The van der Waals surface area contributed by atoms with E-state index in [0.29, 0.717) is 13.2 Å². The summed E-state index contributed by atoms with van der Waals surface area (Å²) >= 11 is 7.59. The van der Waals surface area contributed by atoms with Crippen molar-refractivity contribution in [1.82, 2.24) is 10.6 Å². The second-order valence-corrected chi connectivity index (χ2v) is 11.4. The highest BCUT2D eigenvalue weighted by atomic mass is 35.5. The SMILES string of the molecule is CSC1OC([C@H](NC(=O)[C@H]2NC[C@@H]3C[C@H]4OC(C)(C)O[C@H]4CO[C@H]32)[C@H](C)Cl)C(O)C(O)C1O. The summed E-state index contributed by atoms with van der Waals surface area (Å²) < 4.78 is 23.9. The van der Waals surface area contributed by atoms with E-state index in [4.69, 9.17) is 30.5 Å². The molecule has 10 nitrogen and oxygen atoms in total. The minimum Gasteiger partial charge on any atom is -0.388 e. The van der Waals surface area contributed by atoms with Crippen LogP contribution in [0.1, 0.15) is 27.2 Å². The molecular formula is C21H35ClN2O8S. The van der Waals surface area contributed by atoms with Gasteiger partial charge < -0.3 is 44.9 Å². The summed E-state index contributed by atoms with van der Waals surface area (Å²) in [6, 6.07) is -1.42. The second-order valence-electron chi connectivity index (χ2n) is 9.78. The molecule has 0 aromatic carbocycles. The number of rotatable bonds is 5. The number of carbonyl (C=O) groups is 1. The van der Waals surface area contributed by atoms with E-state index in [9.17, 15) is 20.1 Å². The Kier molecular flexibility index (Phi) is 7.87. The molecule has 0 aliphatic carbocycles. The van der Waals surface area contributed by atoms with Gasteiger partial charge in [-0.15, -0.1) is 23.4 Å². The van der Waals surface area contributed by atoms with Crippen LogP contribution >= 0.6 is 23.4 Å². The lowest BCUT2D eigenvalue weighted by molar-refractivity contribution is -0.205. The van der Waals surface area contributed by atoms with Crippen molar-refractivity contribution in [3.63, 3.8) is 0 Å². The first-order chi connectivity index (χ1) is 15.5. The van der Waals surface area contributed by atoms with Gasteiger partial charge in [0.25, 0.3) is 0 Å². The molecule has 0 aromatic heterocycles. The van der Waals surface area contributed by atoms with Crippen molar-refractivity contribution in [1.29, 1.82) is 0 Å². The molecule has 4 rings (SSSR count). The van der Waals surface area contributed by atoms with Crippen LogP contribution in [0.4, 0.5) is 0 Å². The van der Waals surface area contributed by atoms with Crippen LogP contribution in [-0.4, -0.2) is 112 Å². The predicted octanol–water partition coefficient (Wildman–Crippen LogP) is -0.834. The number of aliphatic hydroxyl groups is 3. The molecule has 0 radical (unpaired) electrons. The first kappa shape index (κ1) is 25.9. The molecule has 4 aliphatic heterocycles. The van der Waals surface area contributed by atoms with Gasteiger partial charge in [0.2, 0.25) is 5.91 Å². The summed E-state index contributed by atoms with van der Waals surface area (Å²) in [5, 5.41) is 36.5. The number of fused-ring (bicyclic) bond motifs is 2. The largest absolute Gasteiger partial charge is 0.388 e. The molecule has 0 saturated carbocycles. The third-order valence-corrected chi connectivity index (χ3v) is 8.07. The van der Waals surface area contributed by atoms with E-state index in [2.05, 4.69) is 10.6 Å². The van der Waals surface area contributed by atoms with Gasteiger partial charge in [-0.3, -0.25) is 4.79 Å². The van der Waals surface area contributed by atoms with E-state index in [1.165, 1.54) is 11.8 Å². The van der Waals surface area contributed by atoms with Gasteiger partial charge in [0.1, 0.15) is 42.0 Å². The van der Waals surface area contributed by atoms with E-state index in [-0.39, 0.29) is 30.1 Å².